The molecule has 0 bridgehead atoms. The molecule has 1 aromatic rings. The largest absolute Gasteiger partial charge is 0.393 e. The van der Waals surface area contributed by atoms with Crippen LogP contribution in [0.25, 0.3) is 0 Å². The monoisotopic (exact) mass is 276 g/mol. The Kier molecular flexibility index (Phi) is 4.61. The Morgan fingerprint density at radius 1 is 1.65 bits per heavy atom. The number of sulfonamides is 1. The molecule has 0 aliphatic heterocycles. The van der Waals surface area contributed by atoms with Crippen molar-refractivity contribution in [2.75, 3.05) is 6.54 Å². The molecule has 0 unspecified atom stereocenters. The third-order valence-electron chi connectivity index (χ3n) is 2.22. The molecule has 0 spiro atoms. The maximum absolute atomic E-state index is 12.2. The highest BCUT2D eigenvalue weighted by Crippen LogP contribution is 2.15. The number of aromatic nitrogens is 2. The zero-order chi connectivity index (χ0) is 13.1. The van der Waals surface area contributed by atoms with Gasteiger partial charge in [-0.1, -0.05) is 12.2 Å². The van der Waals surface area contributed by atoms with Gasteiger partial charge in [0.2, 0.25) is 0 Å². The van der Waals surface area contributed by atoms with Crippen LogP contribution in [0.2, 0.25) is 0 Å². The molecule has 0 aliphatic rings. The van der Waals surface area contributed by atoms with Crippen LogP contribution in [0.5, 0.6) is 0 Å². The highest BCUT2D eigenvalue weighted by Gasteiger charge is 2.27. The predicted molar refractivity (Wildman–Crippen MR) is 69.0 cm³/mol. The van der Waals surface area contributed by atoms with Gasteiger partial charge in [-0.15, -0.1) is 0 Å². The van der Waals surface area contributed by atoms with Crippen LogP contribution in [0.3, 0.4) is 0 Å². The molecule has 1 heterocycles. The van der Waals surface area contributed by atoms with Crippen LogP contribution in [0.4, 0.5) is 0 Å². The molecule has 0 atom stereocenters. The maximum Gasteiger partial charge on any atom is 0.260 e. The molecule has 0 aliphatic carbocycles. The maximum atomic E-state index is 12.2. The van der Waals surface area contributed by atoms with Gasteiger partial charge in [-0.3, -0.25) is 5.10 Å². The molecule has 0 fully saturated rings. The molecule has 1 rings (SSSR count). The number of rotatable bonds is 6. The Labute approximate surface area is 106 Å². The summed E-state index contributed by atoms with van der Waals surface area (Å²) in [7, 11) is -3.55. The fraction of sp³-hybridized carbons (Fsp3) is 0.556. The van der Waals surface area contributed by atoms with Gasteiger partial charge in [0.25, 0.3) is 10.0 Å². The van der Waals surface area contributed by atoms with E-state index in [1.54, 1.807) is 13.8 Å². The quantitative estimate of drug-likeness (QED) is 0.738. The average Bonchev–Trinajstić information content (AvgIpc) is 2.69. The van der Waals surface area contributed by atoms with Crippen molar-refractivity contribution >= 4 is 27.2 Å². The van der Waals surface area contributed by atoms with E-state index in [9.17, 15) is 8.42 Å². The molecule has 8 heteroatoms. The lowest BCUT2D eigenvalue weighted by Crippen LogP contribution is -2.39. The summed E-state index contributed by atoms with van der Waals surface area (Å²) in [5.74, 6) is 0. The van der Waals surface area contributed by atoms with Crippen molar-refractivity contribution in [3.63, 3.8) is 0 Å². The fourth-order valence-corrected chi connectivity index (χ4v) is 3.02. The van der Waals surface area contributed by atoms with Crippen molar-refractivity contribution in [1.29, 1.82) is 0 Å². The Hall–Kier alpha value is -0.990. The van der Waals surface area contributed by atoms with Gasteiger partial charge in [0.15, 0.2) is 5.03 Å². The molecule has 17 heavy (non-hydrogen) atoms. The van der Waals surface area contributed by atoms with Gasteiger partial charge in [0, 0.05) is 19.0 Å². The van der Waals surface area contributed by atoms with Gasteiger partial charge in [-0.2, -0.15) is 9.40 Å². The molecule has 0 radical (unpaired) electrons. The van der Waals surface area contributed by atoms with Gasteiger partial charge >= 0.3 is 0 Å². The first-order valence-corrected chi connectivity index (χ1v) is 7.00. The molecular weight excluding hydrogens is 260 g/mol. The van der Waals surface area contributed by atoms with E-state index >= 15 is 0 Å². The minimum absolute atomic E-state index is 0.0779. The van der Waals surface area contributed by atoms with Crippen LogP contribution in [-0.2, 0) is 10.0 Å². The van der Waals surface area contributed by atoms with Crippen LogP contribution in [-0.4, -0.2) is 40.5 Å². The number of hydrogen-bond acceptors (Lipinski definition) is 4. The zero-order valence-corrected chi connectivity index (χ0v) is 11.4. The molecule has 1 aromatic heterocycles. The second-order valence-corrected chi connectivity index (χ2v) is 6.23. The smallest absolute Gasteiger partial charge is 0.260 e. The molecular formula is C9H16N4O2S2. The molecule has 0 saturated heterocycles. The first-order valence-electron chi connectivity index (χ1n) is 5.15. The average molecular weight is 276 g/mol. The summed E-state index contributed by atoms with van der Waals surface area (Å²) in [6.45, 7) is 3.87. The van der Waals surface area contributed by atoms with Crippen LogP contribution in [0, 0.1) is 0 Å². The van der Waals surface area contributed by atoms with Crippen molar-refractivity contribution < 1.29 is 8.42 Å². The molecule has 0 amide bonds. The third-order valence-corrected chi connectivity index (χ3v) is 4.43. The SMILES string of the molecule is CC(C)N(CCC(N)=S)S(=O)(=O)c1ccn[nH]1. The zero-order valence-electron chi connectivity index (χ0n) is 9.75. The van der Waals surface area contributed by atoms with Crippen molar-refractivity contribution in [2.45, 2.75) is 31.3 Å². The lowest BCUT2D eigenvalue weighted by atomic mass is 10.3. The standard InChI is InChI=1S/C9H16N4O2S2/c1-7(2)13(6-4-8(10)16)17(14,15)9-3-5-11-12-9/h3,5,7H,4,6H2,1-2H3,(H2,10,16)(H,11,12). The first kappa shape index (κ1) is 14.1. The second kappa shape index (κ2) is 5.56. The summed E-state index contributed by atoms with van der Waals surface area (Å²) >= 11 is 4.76. The lowest BCUT2D eigenvalue weighted by molar-refractivity contribution is 0.361. The van der Waals surface area contributed by atoms with Crippen LogP contribution < -0.4 is 5.73 Å². The van der Waals surface area contributed by atoms with Crippen LogP contribution in [0.15, 0.2) is 17.3 Å². The highest BCUT2D eigenvalue weighted by atomic mass is 32.2. The van der Waals surface area contributed by atoms with Crippen molar-refractivity contribution in [3.05, 3.63) is 12.3 Å². The number of H-pyrrole nitrogens is 1. The van der Waals surface area contributed by atoms with E-state index in [4.69, 9.17) is 18.0 Å². The molecule has 0 aromatic carbocycles. The van der Waals surface area contributed by atoms with Crippen molar-refractivity contribution in [2.24, 2.45) is 5.73 Å². The van der Waals surface area contributed by atoms with E-state index in [0.717, 1.165) is 0 Å². The number of thiocarbonyl (C=S) groups is 1. The number of nitrogens with two attached hydrogens (primary N) is 1. The van der Waals surface area contributed by atoms with E-state index < -0.39 is 10.0 Å². The Bertz CT molecular complexity index is 467. The summed E-state index contributed by atoms with van der Waals surface area (Å²) in [6, 6.07) is 1.25. The highest BCUT2D eigenvalue weighted by molar-refractivity contribution is 7.89. The summed E-state index contributed by atoms with van der Waals surface area (Å²) in [6.07, 6.45) is 1.76. The summed E-state index contributed by atoms with van der Waals surface area (Å²) in [4.78, 5) is 0.301. The summed E-state index contributed by atoms with van der Waals surface area (Å²) in [5, 5.41) is 6.18. The van der Waals surface area contributed by atoms with Gasteiger partial charge < -0.3 is 5.73 Å². The second-order valence-electron chi connectivity index (χ2n) is 3.85. The molecule has 6 nitrogen and oxygen atoms in total. The van der Waals surface area contributed by atoms with E-state index in [-0.39, 0.29) is 17.6 Å². The van der Waals surface area contributed by atoms with Crippen LogP contribution >= 0.6 is 12.2 Å². The van der Waals surface area contributed by atoms with Gasteiger partial charge in [0.1, 0.15) is 0 Å². The van der Waals surface area contributed by atoms with Gasteiger partial charge in [-0.05, 0) is 19.9 Å². The number of nitrogens with one attached hydrogen (secondary N) is 1. The topological polar surface area (TPSA) is 92.1 Å². The molecule has 96 valence electrons. The van der Waals surface area contributed by atoms with E-state index in [0.29, 0.717) is 11.4 Å². The minimum Gasteiger partial charge on any atom is -0.393 e. The number of aromatic amines is 1. The Balaban J connectivity index is 2.95. The fourth-order valence-electron chi connectivity index (χ4n) is 1.39. The van der Waals surface area contributed by atoms with Gasteiger partial charge in [-0.25, -0.2) is 8.42 Å². The van der Waals surface area contributed by atoms with E-state index in [2.05, 4.69) is 10.2 Å². The minimum atomic E-state index is -3.55. The number of hydrogen-bond donors (Lipinski definition) is 2. The van der Waals surface area contributed by atoms with Crippen LogP contribution in [0.1, 0.15) is 20.3 Å². The van der Waals surface area contributed by atoms with Crippen molar-refractivity contribution in [3.8, 4) is 0 Å². The molecule has 3 N–H and O–H groups in total. The van der Waals surface area contributed by atoms with Gasteiger partial charge in [0.05, 0.1) is 11.2 Å². The third kappa shape index (κ3) is 3.48. The first-order chi connectivity index (χ1) is 7.85. The lowest BCUT2D eigenvalue weighted by Gasteiger charge is -2.24. The Morgan fingerprint density at radius 3 is 2.71 bits per heavy atom. The normalized spacial score (nSPS) is 12.2. The number of nitrogens with zero attached hydrogens (tertiary/aromatic N) is 2. The molecule has 0 saturated carbocycles. The predicted octanol–water partition coefficient (Wildman–Crippen LogP) is 0.485. The van der Waals surface area contributed by atoms with E-state index in [1.807, 2.05) is 0 Å². The Morgan fingerprint density at radius 2 is 2.29 bits per heavy atom. The summed E-state index contributed by atoms with van der Waals surface area (Å²) in [5.41, 5.74) is 5.39. The van der Waals surface area contributed by atoms with E-state index in [1.165, 1.54) is 16.6 Å². The van der Waals surface area contributed by atoms with Crippen molar-refractivity contribution in [1.82, 2.24) is 14.5 Å². The summed E-state index contributed by atoms with van der Waals surface area (Å²) < 4.78 is 25.8.